The van der Waals surface area contributed by atoms with Crippen LogP contribution >= 0.6 is 36.2 Å². The molecule has 2 fully saturated rings. The van der Waals surface area contributed by atoms with Crippen molar-refractivity contribution in [2.45, 2.75) is 45.2 Å². The monoisotopic (exact) mass is 392 g/mol. The van der Waals surface area contributed by atoms with Crippen LogP contribution in [0.5, 0.6) is 0 Å². The second kappa shape index (κ2) is 7.87. The van der Waals surface area contributed by atoms with Gasteiger partial charge in [0.2, 0.25) is 5.91 Å². The van der Waals surface area contributed by atoms with Gasteiger partial charge in [-0.05, 0) is 37.6 Å². The van der Waals surface area contributed by atoms with Crippen LogP contribution in [0.25, 0.3) is 0 Å². The topological polar surface area (TPSA) is 71.2 Å². The fourth-order valence-corrected chi connectivity index (χ4v) is 5.54. The quantitative estimate of drug-likeness (QED) is 0.829. The lowest BCUT2D eigenvalue weighted by Gasteiger charge is -2.26. The lowest BCUT2D eigenvalue weighted by Crippen LogP contribution is -2.42. The van der Waals surface area contributed by atoms with Crippen LogP contribution in [0.1, 0.15) is 36.8 Å². The second-order valence-electron chi connectivity index (χ2n) is 6.93. The maximum Gasteiger partial charge on any atom is 0.231 e. The summed E-state index contributed by atoms with van der Waals surface area (Å²) in [5, 5.41) is 3.83. The summed E-state index contributed by atoms with van der Waals surface area (Å²) < 4.78 is 0. The summed E-state index contributed by atoms with van der Waals surface area (Å²) in [6.45, 7) is 5.29. The van der Waals surface area contributed by atoms with E-state index in [2.05, 4.69) is 22.1 Å². The molecule has 2 aliphatic carbocycles. The summed E-state index contributed by atoms with van der Waals surface area (Å²) in [4.78, 5) is 21.0. The van der Waals surface area contributed by atoms with Gasteiger partial charge in [-0.1, -0.05) is 6.92 Å². The zero-order valence-electron chi connectivity index (χ0n) is 13.9. The van der Waals surface area contributed by atoms with Gasteiger partial charge in [0.15, 0.2) is 5.13 Å². The number of aromatic nitrogens is 1. The fourth-order valence-electron chi connectivity index (χ4n) is 4.49. The molecule has 0 radical (unpaired) electrons. The van der Waals surface area contributed by atoms with E-state index < -0.39 is 0 Å². The van der Waals surface area contributed by atoms with Crippen molar-refractivity contribution in [3.8, 4) is 0 Å². The van der Waals surface area contributed by atoms with Crippen molar-refractivity contribution in [2.24, 2.45) is 23.5 Å². The predicted octanol–water partition coefficient (Wildman–Crippen LogP) is 2.68. The maximum atomic E-state index is 12.6. The first-order valence-electron chi connectivity index (χ1n) is 8.43. The van der Waals surface area contributed by atoms with E-state index in [9.17, 15) is 4.79 Å². The standard InChI is InChI=1S/C16H24N4OS.2ClH/c1-2-20-6-5-11-12(8-20)22-16(18-11)19-15(21)13-9-3-4-10(7-9)14(13)17;;/h9-10,13-14H,2-8,17H2,1H3,(H,18,19,21);2*1H. The van der Waals surface area contributed by atoms with Crippen LogP contribution in [0.2, 0.25) is 0 Å². The number of nitrogens with one attached hydrogen (secondary N) is 1. The van der Waals surface area contributed by atoms with Crippen molar-refractivity contribution < 1.29 is 4.79 Å². The number of rotatable bonds is 3. The van der Waals surface area contributed by atoms with E-state index in [1.54, 1.807) is 11.3 Å². The van der Waals surface area contributed by atoms with Crippen LogP contribution < -0.4 is 11.1 Å². The largest absolute Gasteiger partial charge is 0.327 e. The molecule has 24 heavy (non-hydrogen) atoms. The third-order valence-corrected chi connectivity index (χ3v) is 6.77. The lowest BCUT2D eigenvalue weighted by atomic mass is 9.84. The second-order valence-corrected chi connectivity index (χ2v) is 8.02. The molecular weight excluding hydrogens is 367 g/mol. The van der Waals surface area contributed by atoms with Crippen molar-refractivity contribution in [1.29, 1.82) is 0 Å². The van der Waals surface area contributed by atoms with E-state index in [0.29, 0.717) is 11.8 Å². The van der Waals surface area contributed by atoms with E-state index in [1.165, 1.54) is 17.0 Å². The van der Waals surface area contributed by atoms with Crippen molar-refractivity contribution in [1.82, 2.24) is 9.88 Å². The highest BCUT2D eigenvalue weighted by Gasteiger charge is 2.49. The molecule has 4 atom stereocenters. The Hall–Kier alpha value is -0.400. The van der Waals surface area contributed by atoms with E-state index in [-0.39, 0.29) is 42.7 Å². The minimum Gasteiger partial charge on any atom is -0.327 e. The summed E-state index contributed by atoms with van der Waals surface area (Å²) in [7, 11) is 0. The summed E-state index contributed by atoms with van der Waals surface area (Å²) in [5.74, 6) is 1.14. The molecule has 1 aromatic heterocycles. The van der Waals surface area contributed by atoms with Crippen LogP contribution in [0.15, 0.2) is 0 Å². The normalized spacial score (nSPS) is 31.1. The molecule has 3 N–H and O–H groups in total. The molecule has 8 heteroatoms. The third kappa shape index (κ3) is 3.44. The van der Waals surface area contributed by atoms with Crippen LogP contribution in [0.3, 0.4) is 0 Å². The van der Waals surface area contributed by atoms with Crippen LogP contribution in [0, 0.1) is 17.8 Å². The van der Waals surface area contributed by atoms with Crippen LogP contribution in [-0.4, -0.2) is 34.9 Å². The van der Waals surface area contributed by atoms with Crippen molar-refractivity contribution >= 4 is 47.2 Å². The lowest BCUT2D eigenvalue weighted by molar-refractivity contribution is -0.121. The Morgan fingerprint density at radius 1 is 1.38 bits per heavy atom. The van der Waals surface area contributed by atoms with Gasteiger partial charge < -0.3 is 11.1 Å². The first-order chi connectivity index (χ1) is 10.7. The summed E-state index contributed by atoms with van der Waals surface area (Å²) >= 11 is 1.64. The number of nitrogens with two attached hydrogens (primary N) is 1. The van der Waals surface area contributed by atoms with Gasteiger partial charge in [0, 0.05) is 30.4 Å². The summed E-state index contributed by atoms with van der Waals surface area (Å²) in [5.41, 5.74) is 7.44. The fraction of sp³-hybridized carbons (Fsp3) is 0.750. The van der Waals surface area contributed by atoms with Gasteiger partial charge in [-0.3, -0.25) is 9.69 Å². The molecule has 1 amide bonds. The number of halogens is 2. The molecule has 1 aliphatic heterocycles. The number of hydrogen-bond acceptors (Lipinski definition) is 5. The SMILES string of the molecule is CCN1CCc2nc(NC(=O)C3C4CCC(C4)C3N)sc2C1.Cl.Cl. The molecule has 0 spiro atoms. The number of amides is 1. The zero-order valence-corrected chi connectivity index (χ0v) is 16.3. The minimum atomic E-state index is -0.00758. The van der Waals surface area contributed by atoms with Crippen LogP contribution in [-0.2, 0) is 17.8 Å². The Labute approximate surface area is 159 Å². The molecule has 2 saturated carbocycles. The van der Waals surface area contributed by atoms with E-state index in [4.69, 9.17) is 5.73 Å². The van der Waals surface area contributed by atoms with Crippen molar-refractivity contribution in [2.75, 3.05) is 18.4 Å². The Morgan fingerprint density at radius 3 is 2.79 bits per heavy atom. The van der Waals surface area contributed by atoms with Gasteiger partial charge >= 0.3 is 0 Å². The number of hydrogen-bond donors (Lipinski definition) is 2. The maximum absolute atomic E-state index is 12.6. The third-order valence-electron chi connectivity index (χ3n) is 5.77. The Balaban J connectivity index is 0.00000104. The molecule has 2 heterocycles. The Morgan fingerprint density at radius 2 is 2.12 bits per heavy atom. The van der Waals surface area contributed by atoms with Gasteiger partial charge in [0.1, 0.15) is 0 Å². The molecule has 0 aromatic carbocycles. The molecule has 5 nitrogen and oxygen atoms in total. The Kier molecular flexibility index (Phi) is 6.53. The van der Waals surface area contributed by atoms with Gasteiger partial charge in [-0.2, -0.15) is 0 Å². The molecule has 0 saturated heterocycles. The van der Waals surface area contributed by atoms with Gasteiger partial charge in [0.05, 0.1) is 11.6 Å². The minimum absolute atomic E-state index is 0. The van der Waals surface area contributed by atoms with Crippen molar-refractivity contribution in [3.05, 3.63) is 10.6 Å². The zero-order chi connectivity index (χ0) is 15.3. The summed E-state index contributed by atoms with van der Waals surface area (Å²) in [6.07, 6.45) is 4.49. The summed E-state index contributed by atoms with van der Waals surface area (Å²) in [6, 6.07) is 0.0453. The highest BCUT2D eigenvalue weighted by atomic mass is 35.5. The predicted molar refractivity (Wildman–Crippen MR) is 102 cm³/mol. The molecule has 3 aliphatic rings. The highest BCUT2D eigenvalue weighted by Crippen LogP contribution is 2.48. The van der Waals surface area contributed by atoms with Crippen molar-refractivity contribution in [3.63, 3.8) is 0 Å². The number of likely N-dealkylation sites (N-methyl/N-ethyl adjacent to an activating group) is 1. The highest BCUT2D eigenvalue weighted by molar-refractivity contribution is 7.15. The molecule has 4 unspecified atom stereocenters. The molecule has 136 valence electrons. The average molecular weight is 393 g/mol. The van der Waals surface area contributed by atoms with Gasteiger partial charge in [-0.15, -0.1) is 36.2 Å². The average Bonchev–Trinajstić information content (AvgIpc) is 3.19. The first kappa shape index (κ1) is 19.9. The first-order valence-corrected chi connectivity index (χ1v) is 9.24. The molecule has 2 bridgehead atoms. The van der Waals surface area contributed by atoms with Crippen LogP contribution in [0.4, 0.5) is 5.13 Å². The Bertz CT molecular complexity index is 595. The van der Waals surface area contributed by atoms with Gasteiger partial charge in [-0.25, -0.2) is 4.98 Å². The van der Waals surface area contributed by atoms with E-state index >= 15 is 0 Å². The number of anilines is 1. The molecule has 1 aromatic rings. The van der Waals surface area contributed by atoms with Gasteiger partial charge in [0.25, 0.3) is 0 Å². The molecule has 4 rings (SSSR count). The number of carbonyl (C=O) groups is 1. The molecular formula is C16H26Cl2N4OS. The smallest absolute Gasteiger partial charge is 0.231 e. The van der Waals surface area contributed by atoms with E-state index in [1.807, 2.05) is 0 Å². The number of fused-ring (bicyclic) bond motifs is 3. The number of nitrogens with zero attached hydrogens (tertiary/aromatic N) is 2. The number of thiazole rings is 1. The van der Waals surface area contributed by atoms with E-state index in [0.717, 1.165) is 44.0 Å². The number of carbonyl (C=O) groups excluding carboxylic acids is 1.